The lowest BCUT2D eigenvalue weighted by molar-refractivity contribution is 0.467. The molecule has 0 aliphatic rings. The van der Waals surface area contributed by atoms with Gasteiger partial charge in [-0.05, 0) is 13.0 Å². The van der Waals surface area contributed by atoms with Gasteiger partial charge < -0.3 is 10.6 Å². The molecule has 0 aromatic rings. The number of hydrogen-bond acceptors (Lipinski definition) is 2. The van der Waals surface area contributed by atoms with E-state index in [1.807, 2.05) is 0 Å². The molecular weight excluding hydrogens is 149 g/mol. The zero-order valence-electron chi connectivity index (χ0n) is 6.58. The molecule has 0 aromatic heterocycles. The van der Waals surface area contributed by atoms with Gasteiger partial charge in [0, 0.05) is 11.8 Å². The van der Waals surface area contributed by atoms with Crippen LogP contribution in [-0.2, 0) is 4.57 Å². The minimum atomic E-state index is -2.86. The first-order valence-electron chi connectivity index (χ1n) is 3.52. The van der Waals surface area contributed by atoms with E-state index in [1.54, 1.807) is 13.8 Å². The molecule has 0 aliphatic heterocycles. The highest BCUT2D eigenvalue weighted by Crippen LogP contribution is 2.45. The fraction of sp³-hybridized carbons (Fsp3) is 1.00. The van der Waals surface area contributed by atoms with Gasteiger partial charge in [-0.1, -0.05) is 13.8 Å². The summed E-state index contributed by atoms with van der Waals surface area (Å²) in [4.78, 5) is 9.22. The van der Waals surface area contributed by atoms with Crippen LogP contribution in [0.2, 0.25) is 0 Å². The van der Waals surface area contributed by atoms with E-state index in [9.17, 15) is 9.46 Å². The third-order valence-corrected chi connectivity index (χ3v) is 4.06. The summed E-state index contributed by atoms with van der Waals surface area (Å²) in [5.74, 6) is 0. The van der Waals surface area contributed by atoms with E-state index in [4.69, 9.17) is 5.73 Å². The van der Waals surface area contributed by atoms with Crippen LogP contribution < -0.4 is 5.73 Å². The average Bonchev–Trinajstić information content (AvgIpc) is 1.84. The second-order valence-electron chi connectivity index (χ2n) is 2.72. The molecule has 1 unspecified atom stereocenters. The number of hydrogen-bond donors (Lipinski definition) is 2. The smallest absolute Gasteiger partial charge is 0.203 e. The van der Waals surface area contributed by atoms with E-state index >= 15 is 0 Å². The summed E-state index contributed by atoms with van der Waals surface area (Å²) in [5.41, 5.74) is 5.08. The summed E-state index contributed by atoms with van der Waals surface area (Å²) in [6.07, 6.45) is 1.01. The summed E-state index contributed by atoms with van der Waals surface area (Å²) in [6, 6.07) is 0. The van der Waals surface area contributed by atoms with E-state index < -0.39 is 7.37 Å². The normalized spacial score (nSPS) is 17.3. The molecule has 62 valence electrons. The molecule has 3 nitrogen and oxygen atoms in total. The van der Waals surface area contributed by atoms with Gasteiger partial charge in [-0.3, -0.25) is 4.57 Å². The molecular formula is C6H16NO2P. The van der Waals surface area contributed by atoms with E-state index in [1.165, 1.54) is 0 Å². The Morgan fingerprint density at radius 3 is 2.40 bits per heavy atom. The topological polar surface area (TPSA) is 63.3 Å². The lowest BCUT2D eigenvalue weighted by Gasteiger charge is -2.13. The maximum absolute atomic E-state index is 11.2. The van der Waals surface area contributed by atoms with Crippen LogP contribution in [0.4, 0.5) is 0 Å². The standard InChI is InChI=1S/C6H16NO2P/c1-6(2)10(8,9)5-3-4-7/h6H,3-5,7H2,1-2H3,(H,8,9). The Kier molecular flexibility index (Phi) is 4.18. The van der Waals surface area contributed by atoms with Gasteiger partial charge in [0.15, 0.2) is 0 Å². The molecule has 10 heavy (non-hydrogen) atoms. The molecule has 0 spiro atoms. The Hall–Kier alpha value is 0.150. The van der Waals surface area contributed by atoms with Crippen LogP contribution in [0.5, 0.6) is 0 Å². The fourth-order valence-electron chi connectivity index (χ4n) is 0.576. The highest BCUT2D eigenvalue weighted by molar-refractivity contribution is 7.58. The van der Waals surface area contributed by atoms with Crippen LogP contribution >= 0.6 is 7.37 Å². The quantitative estimate of drug-likeness (QED) is 0.611. The molecule has 0 radical (unpaired) electrons. The first kappa shape index (κ1) is 10.2. The molecule has 0 aromatic carbocycles. The largest absolute Gasteiger partial charge is 0.344 e. The lowest BCUT2D eigenvalue weighted by atomic mass is 10.5. The Balaban J connectivity index is 3.76. The van der Waals surface area contributed by atoms with Gasteiger partial charge in [0.05, 0.1) is 0 Å². The summed E-state index contributed by atoms with van der Waals surface area (Å²) >= 11 is 0. The Morgan fingerprint density at radius 1 is 1.60 bits per heavy atom. The van der Waals surface area contributed by atoms with Gasteiger partial charge in [-0.15, -0.1) is 0 Å². The first-order chi connectivity index (χ1) is 4.50. The third-order valence-electron chi connectivity index (χ3n) is 1.49. The summed E-state index contributed by atoms with van der Waals surface area (Å²) < 4.78 is 11.2. The van der Waals surface area contributed by atoms with Gasteiger partial charge in [0.25, 0.3) is 0 Å². The minimum absolute atomic E-state index is 0.126. The Labute approximate surface area is 62.1 Å². The molecule has 0 fully saturated rings. The molecule has 0 bridgehead atoms. The van der Waals surface area contributed by atoms with Crippen molar-refractivity contribution in [2.75, 3.05) is 12.7 Å². The third kappa shape index (κ3) is 3.35. The van der Waals surface area contributed by atoms with Crippen molar-refractivity contribution >= 4 is 7.37 Å². The molecule has 0 amide bonds. The lowest BCUT2D eigenvalue weighted by Crippen LogP contribution is -2.06. The van der Waals surface area contributed by atoms with Crippen LogP contribution in [0.15, 0.2) is 0 Å². The van der Waals surface area contributed by atoms with Gasteiger partial charge >= 0.3 is 0 Å². The van der Waals surface area contributed by atoms with Crippen molar-refractivity contribution in [2.24, 2.45) is 5.73 Å². The molecule has 3 N–H and O–H groups in total. The second-order valence-corrected chi connectivity index (χ2v) is 5.71. The number of rotatable bonds is 4. The Bertz CT molecular complexity index is 136. The molecule has 0 heterocycles. The number of nitrogens with two attached hydrogens (primary N) is 1. The predicted molar refractivity (Wildman–Crippen MR) is 43.5 cm³/mol. The van der Waals surface area contributed by atoms with Crippen molar-refractivity contribution in [3.8, 4) is 0 Å². The minimum Gasteiger partial charge on any atom is -0.344 e. The zero-order valence-corrected chi connectivity index (χ0v) is 7.47. The van der Waals surface area contributed by atoms with E-state index in [2.05, 4.69) is 0 Å². The van der Waals surface area contributed by atoms with E-state index in [-0.39, 0.29) is 5.66 Å². The highest BCUT2D eigenvalue weighted by Gasteiger charge is 2.21. The van der Waals surface area contributed by atoms with E-state index in [0.717, 1.165) is 0 Å². The summed E-state index contributed by atoms with van der Waals surface area (Å²) in [6.45, 7) is 4.02. The van der Waals surface area contributed by atoms with Crippen molar-refractivity contribution in [2.45, 2.75) is 25.9 Å². The van der Waals surface area contributed by atoms with Crippen molar-refractivity contribution in [3.63, 3.8) is 0 Å². The van der Waals surface area contributed by atoms with Crippen LogP contribution in [0, 0.1) is 0 Å². The van der Waals surface area contributed by atoms with Crippen LogP contribution in [-0.4, -0.2) is 23.3 Å². The van der Waals surface area contributed by atoms with Crippen LogP contribution in [0.3, 0.4) is 0 Å². The summed E-state index contributed by atoms with van der Waals surface area (Å²) in [5, 5.41) is 0. The predicted octanol–water partition coefficient (Wildman–Crippen LogP) is 1.01. The molecule has 0 saturated heterocycles. The molecule has 4 heteroatoms. The molecule has 0 aliphatic carbocycles. The van der Waals surface area contributed by atoms with Crippen molar-refractivity contribution in [3.05, 3.63) is 0 Å². The second kappa shape index (κ2) is 4.12. The maximum atomic E-state index is 11.2. The van der Waals surface area contributed by atoms with Crippen LogP contribution in [0.1, 0.15) is 20.3 Å². The summed E-state index contributed by atoms with van der Waals surface area (Å²) in [7, 11) is -2.86. The fourth-order valence-corrected chi connectivity index (χ4v) is 1.73. The van der Waals surface area contributed by atoms with Crippen LogP contribution in [0.25, 0.3) is 0 Å². The maximum Gasteiger partial charge on any atom is 0.203 e. The van der Waals surface area contributed by atoms with Crippen molar-refractivity contribution < 1.29 is 9.46 Å². The highest BCUT2D eigenvalue weighted by atomic mass is 31.2. The Morgan fingerprint density at radius 2 is 2.10 bits per heavy atom. The van der Waals surface area contributed by atoms with Gasteiger partial charge in [0.2, 0.25) is 7.37 Å². The molecule has 0 rings (SSSR count). The zero-order chi connectivity index (χ0) is 8.20. The molecule has 1 atom stereocenters. The van der Waals surface area contributed by atoms with E-state index in [0.29, 0.717) is 19.1 Å². The van der Waals surface area contributed by atoms with Gasteiger partial charge in [-0.2, -0.15) is 0 Å². The van der Waals surface area contributed by atoms with Crippen molar-refractivity contribution in [1.29, 1.82) is 0 Å². The van der Waals surface area contributed by atoms with Gasteiger partial charge in [0.1, 0.15) is 0 Å². The SMILES string of the molecule is CC(C)P(=O)(O)CCCN. The average molecular weight is 165 g/mol. The van der Waals surface area contributed by atoms with Crippen molar-refractivity contribution in [1.82, 2.24) is 0 Å². The first-order valence-corrected chi connectivity index (χ1v) is 5.43. The molecule has 0 saturated carbocycles. The van der Waals surface area contributed by atoms with Gasteiger partial charge in [-0.25, -0.2) is 0 Å². The monoisotopic (exact) mass is 165 g/mol.